The van der Waals surface area contributed by atoms with Crippen molar-refractivity contribution in [3.05, 3.63) is 42.1 Å². The first-order valence-electron chi connectivity index (χ1n) is 11.5. The van der Waals surface area contributed by atoms with Gasteiger partial charge in [0.05, 0.1) is 0 Å². The number of anilines is 1. The van der Waals surface area contributed by atoms with Crippen LogP contribution in [0, 0.1) is 0 Å². The standard InChI is InChI=1S/C25H31N5O3/c1-25(2,3)29-23-22(15-4-9-19-20(12-15)33-14-32-19)28-21-13-16(10-11-30(21)23)24(31)27-18-7-5-17(26)6-8-18/h4,9-13,17-18,29H,5-8,14,26H2,1-3H3,(H,27,31). The normalized spacial score (nSPS) is 20.1. The number of rotatable bonds is 4. The molecule has 1 fully saturated rings. The van der Waals surface area contributed by atoms with E-state index in [9.17, 15) is 4.79 Å². The lowest BCUT2D eigenvalue weighted by molar-refractivity contribution is 0.0926. The fourth-order valence-electron chi connectivity index (χ4n) is 4.44. The maximum absolute atomic E-state index is 12.9. The van der Waals surface area contributed by atoms with Gasteiger partial charge in [0.15, 0.2) is 11.5 Å². The van der Waals surface area contributed by atoms with Crippen molar-refractivity contribution in [2.24, 2.45) is 5.73 Å². The Labute approximate surface area is 193 Å². The summed E-state index contributed by atoms with van der Waals surface area (Å²) in [5, 5.41) is 6.74. The third-order valence-corrected chi connectivity index (χ3v) is 6.13. The van der Waals surface area contributed by atoms with Crippen LogP contribution < -0.4 is 25.8 Å². The second-order valence-electron chi connectivity index (χ2n) is 9.98. The van der Waals surface area contributed by atoms with Crippen LogP contribution in [0.3, 0.4) is 0 Å². The quantitative estimate of drug-likeness (QED) is 0.558. The van der Waals surface area contributed by atoms with Gasteiger partial charge in [-0.05, 0) is 76.8 Å². The van der Waals surface area contributed by atoms with E-state index in [-0.39, 0.29) is 30.3 Å². The Kier molecular flexibility index (Phi) is 5.40. The van der Waals surface area contributed by atoms with Crippen LogP contribution >= 0.6 is 0 Å². The molecule has 0 radical (unpaired) electrons. The van der Waals surface area contributed by atoms with Crippen LogP contribution in [0.1, 0.15) is 56.8 Å². The smallest absolute Gasteiger partial charge is 0.251 e. The number of carbonyl (C=O) groups excluding carboxylic acids is 1. The van der Waals surface area contributed by atoms with Crippen molar-refractivity contribution in [2.45, 2.75) is 64.1 Å². The zero-order valence-electron chi connectivity index (χ0n) is 19.4. The van der Waals surface area contributed by atoms with Gasteiger partial charge in [-0.3, -0.25) is 9.20 Å². The summed E-state index contributed by atoms with van der Waals surface area (Å²) >= 11 is 0. The number of benzene rings is 1. The van der Waals surface area contributed by atoms with Gasteiger partial charge in [-0.15, -0.1) is 0 Å². The lowest BCUT2D eigenvalue weighted by atomic mass is 9.91. The summed E-state index contributed by atoms with van der Waals surface area (Å²) in [7, 11) is 0. The predicted octanol–water partition coefficient (Wildman–Crippen LogP) is 3.94. The van der Waals surface area contributed by atoms with Crippen LogP contribution in [0.5, 0.6) is 11.5 Å². The molecule has 0 bridgehead atoms. The number of nitrogens with zero attached hydrogens (tertiary/aromatic N) is 2. The summed E-state index contributed by atoms with van der Waals surface area (Å²) < 4.78 is 13.0. The first-order chi connectivity index (χ1) is 15.8. The number of fused-ring (bicyclic) bond motifs is 2. The molecule has 8 nitrogen and oxygen atoms in total. The summed E-state index contributed by atoms with van der Waals surface area (Å²) in [4.78, 5) is 17.8. The molecule has 2 aliphatic rings. The predicted molar refractivity (Wildman–Crippen MR) is 128 cm³/mol. The largest absolute Gasteiger partial charge is 0.454 e. The Balaban J connectivity index is 1.49. The number of imidazole rings is 1. The van der Waals surface area contributed by atoms with E-state index in [4.69, 9.17) is 20.2 Å². The van der Waals surface area contributed by atoms with Crippen LogP contribution in [-0.2, 0) is 0 Å². The fraction of sp³-hybridized carbons (Fsp3) is 0.440. The summed E-state index contributed by atoms with van der Waals surface area (Å²) in [5.41, 5.74) is 8.82. The van der Waals surface area contributed by atoms with Gasteiger partial charge < -0.3 is 25.8 Å². The molecule has 174 valence electrons. The minimum atomic E-state index is -0.182. The van der Waals surface area contributed by atoms with Crippen molar-refractivity contribution in [1.29, 1.82) is 0 Å². The second kappa shape index (κ2) is 8.26. The van der Waals surface area contributed by atoms with Gasteiger partial charge in [0.2, 0.25) is 6.79 Å². The van der Waals surface area contributed by atoms with Crippen molar-refractivity contribution in [3.8, 4) is 22.8 Å². The Bertz CT molecular complexity index is 1190. The topological polar surface area (TPSA) is 103 Å². The van der Waals surface area contributed by atoms with Gasteiger partial charge in [0.25, 0.3) is 5.91 Å². The highest BCUT2D eigenvalue weighted by Crippen LogP contribution is 2.38. The van der Waals surface area contributed by atoms with Gasteiger partial charge >= 0.3 is 0 Å². The lowest BCUT2D eigenvalue weighted by Crippen LogP contribution is -2.40. The Morgan fingerprint density at radius 3 is 2.61 bits per heavy atom. The number of amides is 1. The maximum atomic E-state index is 12.9. The highest BCUT2D eigenvalue weighted by molar-refractivity contribution is 5.95. The Hall–Kier alpha value is -3.26. The van der Waals surface area contributed by atoms with Crippen molar-refractivity contribution >= 4 is 17.4 Å². The maximum Gasteiger partial charge on any atom is 0.251 e. The molecule has 5 rings (SSSR count). The van der Waals surface area contributed by atoms with Crippen LogP contribution in [0.4, 0.5) is 5.82 Å². The first-order valence-corrected chi connectivity index (χ1v) is 11.5. The number of aromatic nitrogens is 2. The fourth-order valence-corrected chi connectivity index (χ4v) is 4.44. The van der Waals surface area contributed by atoms with E-state index in [1.807, 2.05) is 40.9 Å². The highest BCUT2D eigenvalue weighted by atomic mass is 16.7. The molecule has 2 aromatic heterocycles. The summed E-state index contributed by atoms with van der Waals surface area (Å²) in [6, 6.07) is 9.93. The average molecular weight is 450 g/mol. The van der Waals surface area contributed by atoms with Gasteiger partial charge in [-0.2, -0.15) is 0 Å². The van der Waals surface area contributed by atoms with E-state index < -0.39 is 0 Å². The van der Waals surface area contributed by atoms with Crippen molar-refractivity contribution < 1.29 is 14.3 Å². The number of ether oxygens (including phenoxy) is 2. The van der Waals surface area contributed by atoms with E-state index in [0.29, 0.717) is 17.0 Å². The van der Waals surface area contributed by atoms with E-state index >= 15 is 0 Å². The molecule has 0 spiro atoms. The van der Waals surface area contributed by atoms with Crippen LogP contribution in [0.2, 0.25) is 0 Å². The number of hydrogen-bond donors (Lipinski definition) is 3. The molecule has 8 heteroatoms. The summed E-state index contributed by atoms with van der Waals surface area (Å²) in [6.45, 7) is 6.54. The van der Waals surface area contributed by atoms with Crippen LogP contribution in [0.15, 0.2) is 36.5 Å². The number of hydrogen-bond acceptors (Lipinski definition) is 6. The van der Waals surface area contributed by atoms with E-state index in [2.05, 4.69) is 31.4 Å². The zero-order valence-corrected chi connectivity index (χ0v) is 19.4. The molecular formula is C25H31N5O3. The molecule has 4 N–H and O–H groups in total. The molecular weight excluding hydrogens is 418 g/mol. The Morgan fingerprint density at radius 2 is 1.85 bits per heavy atom. The average Bonchev–Trinajstić information content (AvgIpc) is 3.38. The minimum Gasteiger partial charge on any atom is -0.454 e. The number of nitrogens with one attached hydrogen (secondary N) is 2. The van der Waals surface area contributed by atoms with Gasteiger partial charge in [-0.1, -0.05) is 0 Å². The SMILES string of the molecule is CC(C)(C)Nc1c(-c2ccc3c(c2)OCO3)nc2cc(C(=O)NC3CCC(N)CC3)ccn12. The summed E-state index contributed by atoms with van der Waals surface area (Å²) in [6.07, 6.45) is 5.65. The van der Waals surface area contributed by atoms with E-state index in [1.165, 1.54) is 0 Å². The molecule has 1 aliphatic heterocycles. The van der Waals surface area contributed by atoms with Gasteiger partial charge in [-0.25, -0.2) is 4.98 Å². The van der Waals surface area contributed by atoms with Crippen molar-refractivity contribution in [2.75, 3.05) is 12.1 Å². The lowest BCUT2D eigenvalue weighted by Gasteiger charge is -2.26. The van der Waals surface area contributed by atoms with Gasteiger partial charge in [0.1, 0.15) is 17.2 Å². The highest BCUT2D eigenvalue weighted by Gasteiger charge is 2.24. The van der Waals surface area contributed by atoms with E-state index in [1.54, 1.807) is 0 Å². The molecule has 3 aromatic rings. The monoisotopic (exact) mass is 449 g/mol. The molecule has 1 amide bonds. The second-order valence-corrected chi connectivity index (χ2v) is 9.98. The molecule has 0 saturated heterocycles. The molecule has 1 saturated carbocycles. The Morgan fingerprint density at radius 1 is 1.09 bits per heavy atom. The first kappa shape index (κ1) is 21.6. The number of nitrogens with two attached hydrogens (primary N) is 1. The number of pyridine rings is 1. The van der Waals surface area contributed by atoms with E-state index in [0.717, 1.165) is 48.5 Å². The zero-order chi connectivity index (χ0) is 23.2. The van der Waals surface area contributed by atoms with Gasteiger partial charge in [0, 0.05) is 34.9 Å². The minimum absolute atomic E-state index is 0.0732. The molecule has 0 atom stereocenters. The van der Waals surface area contributed by atoms with Crippen LogP contribution in [0.25, 0.3) is 16.9 Å². The molecule has 1 aliphatic carbocycles. The summed E-state index contributed by atoms with van der Waals surface area (Å²) in [5.74, 6) is 2.23. The molecule has 0 unspecified atom stereocenters. The third kappa shape index (κ3) is 4.48. The number of carbonyl (C=O) groups is 1. The third-order valence-electron chi connectivity index (χ3n) is 6.13. The van der Waals surface area contributed by atoms with Crippen molar-refractivity contribution in [3.63, 3.8) is 0 Å². The van der Waals surface area contributed by atoms with Crippen LogP contribution in [-0.4, -0.2) is 39.7 Å². The molecule has 1 aromatic carbocycles. The van der Waals surface area contributed by atoms with Crippen molar-refractivity contribution in [1.82, 2.24) is 14.7 Å². The molecule has 33 heavy (non-hydrogen) atoms. The molecule has 3 heterocycles.